The van der Waals surface area contributed by atoms with Gasteiger partial charge in [0.15, 0.2) is 11.5 Å². The molecule has 3 aromatic rings. The van der Waals surface area contributed by atoms with Crippen LogP contribution in [0.4, 0.5) is 5.69 Å². The summed E-state index contributed by atoms with van der Waals surface area (Å²) in [7, 11) is 0. The summed E-state index contributed by atoms with van der Waals surface area (Å²) < 4.78 is 10.9. The third-order valence-corrected chi connectivity index (χ3v) is 5.52. The van der Waals surface area contributed by atoms with E-state index in [9.17, 15) is 14.7 Å². The molecule has 32 heavy (non-hydrogen) atoms. The highest BCUT2D eigenvalue weighted by atomic mass is 16.5. The van der Waals surface area contributed by atoms with Crippen molar-refractivity contribution in [3.63, 3.8) is 0 Å². The average molecular weight is 431 g/mol. The number of aliphatic hydroxyl groups excluding tert-OH is 1. The number of rotatable bonds is 7. The fourth-order valence-electron chi connectivity index (χ4n) is 3.92. The van der Waals surface area contributed by atoms with Gasteiger partial charge in [-0.05, 0) is 60.4 Å². The lowest BCUT2D eigenvalue weighted by molar-refractivity contribution is -0.117. The fraction of sp³-hybridized carbons (Fsp3) is 0.231. The number of ketones is 1. The zero-order chi connectivity index (χ0) is 22.8. The van der Waals surface area contributed by atoms with Gasteiger partial charge in [-0.3, -0.25) is 14.5 Å². The van der Waals surface area contributed by atoms with E-state index in [-0.39, 0.29) is 11.3 Å². The van der Waals surface area contributed by atoms with Crippen LogP contribution in [-0.2, 0) is 4.79 Å². The van der Waals surface area contributed by atoms with E-state index in [4.69, 9.17) is 9.15 Å². The van der Waals surface area contributed by atoms with Gasteiger partial charge >= 0.3 is 0 Å². The summed E-state index contributed by atoms with van der Waals surface area (Å²) in [5.41, 5.74) is 2.34. The second kappa shape index (κ2) is 8.75. The second-order valence-electron chi connectivity index (χ2n) is 7.90. The summed E-state index contributed by atoms with van der Waals surface area (Å²) >= 11 is 0. The van der Waals surface area contributed by atoms with Crippen LogP contribution in [0.2, 0.25) is 0 Å². The normalized spacial score (nSPS) is 16.2. The maximum absolute atomic E-state index is 13.3. The molecule has 1 aromatic heterocycles. The van der Waals surface area contributed by atoms with Gasteiger partial charge in [-0.1, -0.05) is 38.1 Å². The first-order valence-corrected chi connectivity index (χ1v) is 10.6. The van der Waals surface area contributed by atoms with Crippen molar-refractivity contribution < 1.29 is 23.8 Å². The number of carbonyl (C=O) groups excluding carboxylic acids is 2. The molecule has 1 atom stereocenters. The van der Waals surface area contributed by atoms with Crippen molar-refractivity contribution in [2.75, 3.05) is 11.5 Å². The quantitative estimate of drug-likeness (QED) is 0.494. The summed E-state index contributed by atoms with van der Waals surface area (Å²) in [5, 5.41) is 10.8. The van der Waals surface area contributed by atoms with Crippen LogP contribution in [0, 0.1) is 0 Å². The molecule has 4 rings (SSSR count). The number of hydrogen-bond acceptors (Lipinski definition) is 5. The number of nitrogens with zero attached hydrogens (tertiary/aromatic N) is 1. The van der Waals surface area contributed by atoms with Gasteiger partial charge in [-0.2, -0.15) is 0 Å². The van der Waals surface area contributed by atoms with Crippen molar-refractivity contribution in [3.8, 4) is 5.75 Å². The SMILES string of the molecule is CCOc1cccc(C2C(C(=O)c3ccco3)=C(O)C(=O)N2c2ccc(C(C)C)cc2)c1. The third-order valence-electron chi connectivity index (χ3n) is 5.52. The van der Waals surface area contributed by atoms with Crippen molar-refractivity contribution in [1.29, 1.82) is 0 Å². The molecule has 0 radical (unpaired) electrons. The minimum Gasteiger partial charge on any atom is -0.503 e. The fourth-order valence-corrected chi connectivity index (χ4v) is 3.92. The Labute approximate surface area is 186 Å². The van der Waals surface area contributed by atoms with Crippen molar-refractivity contribution in [2.45, 2.75) is 32.7 Å². The van der Waals surface area contributed by atoms with Gasteiger partial charge in [0.2, 0.25) is 5.78 Å². The van der Waals surface area contributed by atoms with Crippen molar-refractivity contribution in [3.05, 3.63) is 95.1 Å². The highest BCUT2D eigenvalue weighted by Gasteiger charge is 2.45. The highest BCUT2D eigenvalue weighted by molar-refractivity contribution is 6.20. The largest absolute Gasteiger partial charge is 0.503 e. The first-order chi connectivity index (χ1) is 15.4. The maximum Gasteiger partial charge on any atom is 0.294 e. The van der Waals surface area contributed by atoms with E-state index < -0.39 is 23.5 Å². The van der Waals surface area contributed by atoms with E-state index in [1.165, 1.54) is 17.2 Å². The Bertz CT molecular complexity index is 1160. The molecule has 6 heteroatoms. The topological polar surface area (TPSA) is 80.0 Å². The van der Waals surface area contributed by atoms with Gasteiger partial charge < -0.3 is 14.3 Å². The molecular weight excluding hydrogens is 406 g/mol. The molecule has 0 spiro atoms. The van der Waals surface area contributed by atoms with Gasteiger partial charge in [-0.15, -0.1) is 0 Å². The summed E-state index contributed by atoms with van der Waals surface area (Å²) in [6.07, 6.45) is 1.38. The van der Waals surface area contributed by atoms with Gasteiger partial charge in [0.05, 0.1) is 24.5 Å². The van der Waals surface area contributed by atoms with Crippen molar-refractivity contribution >= 4 is 17.4 Å². The molecular formula is C26H25NO5. The Kier molecular flexibility index (Phi) is 5.86. The lowest BCUT2D eigenvalue weighted by Crippen LogP contribution is -2.31. The Morgan fingerprint density at radius 3 is 2.50 bits per heavy atom. The average Bonchev–Trinajstić information content (AvgIpc) is 3.41. The zero-order valence-electron chi connectivity index (χ0n) is 18.2. The predicted molar refractivity (Wildman–Crippen MR) is 121 cm³/mol. The van der Waals surface area contributed by atoms with E-state index in [1.54, 1.807) is 18.2 Å². The molecule has 0 saturated heterocycles. The lowest BCUT2D eigenvalue weighted by Gasteiger charge is -2.27. The minimum absolute atomic E-state index is 0.0217. The molecule has 0 saturated carbocycles. The molecule has 1 aliphatic rings. The van der Waals surface area contributed by atoms with Crippen molar-refractivity contribution in [1.82, 2.24) is 0 Å². The van der Waals surface area contributed by atoms with E-state index >= 15 is 0 Å². The number of hydrogen-bond donors (Lipinski definition) is 1. The van der Waals surface area contributed by atoms with Gasteiger partial charge in [-0.25, -0.2) is 0 Å². The van der Waals surface area contributed by atoms with E-state index in [0.717, 1.165) is 5.56 Å². The number of amides is 1. The monoisotopic (exact) mass is 431 g/mol. The van der Waals surface area contributed by atoms with Crippen LogP contribution in [0.25, 0.3) is 0 Å². The van der Waals surface area contributed by atoms with Crippen molar-refractivity contribution in [2.24, 2.45) is 0 Å². The summed E-state index contributed by atoms with van der Waals surface area (Å²) in [5.74, 6) is -0.741. The molecule has 1 amide bonds. The summed E-state index contributed by atoms with van der Waals surface area (Å²) in [6, 6.07) is 17.0. The molecule has 1 unspecified atom stereocenters. The Morgan fingerprint density at radius 1 is 1.12 bits per heavy atom. The van der Waals surface area contributed by atoms with Crippen LogP contribution in [0.1, 0.15) is 54.4 Å². The van der Waals surface area contributed by atoms with Crippen LogP contribution in [0.15, 0.2) is 82.7 Å². The molecule has 6 nitrogen and oxygen atoms in total. The molecule has 0 aliphatic carbocycles. The third kappa shape index (κ3) is 3.80. The molecule has 1 aliphatic heterocycles. The molecule has 0 bridgehead atoms. The highest BCUT2D eigenvalue weighted by Crippen LogP contribution is 2.42. The smallest absolute Gasteiger partial charge is 0.294 e. The molecule has 1 N–H and O–H groups in total. The Balaban J connectivity index is 1.85. The minimum atomic E-state index is -0.828. The van der Waals surface area contributed by atoms with Gasteiger partial charge in [0, 0.05) is 5.69 Å². The number of carbonyl (C=O) groups is 2. The standard InChI is InChI=1S/C26H25NO5/c1-4-31-20-8-5-7-18(15-20)23-22(24(28)21-9-6-14-32-21)25(29)26(30)27(23)19-12-10-17(11-13-19)16(2)3/h5-16,23,29H,4H2,1-3H3. The zero-order valence-corrected chi connectivity index (χ0v) is 18.2. The maximum atomic E-state index is 13.3. The predicted octanol–water partition coefficient (Wildman–Crippen LogP) is 5.58. The van der Waals surface area contributed by atoms with E-state index in [0.29, 0.717) is 29.5 Å². The lowest BCUT2D eigenvalue weighted by atomic mass is 9.94. The van der Waals surface area contributed by atoms with E-state index in [2.05, 4.69) is 13.8 Å². The number of furan rings is 1. The number of ether oxygens (including phenoxy) is 1. The van der Waals surface area contributed by atoms with Crippen LogP contribution in [-0.4, -0.2) is 23.4 Å². The van der Waals surface area contributed by atoms with Crippen LogP contribution >= 0.6 is 0 Å². The molecule has 2 heterocycles. The first-order valence-electron chi connectivity index (χ1n) is 10.6. The van der Waals surface area contributed by atoms with E-state index in [1.807, 2.05) is 43.3 Å². The molecule has 0 fully saturated rings. The molecule has 164 valence electrons. The number of aliphatic hydroxyl groups is 1. The first kappa shape index (κ1) is 21.4. The Morgan fingerprint density at radius 2 is 1.88 bits per heavy atom. The van der Waals surface area contributed by atoms with Gasteiger partial charge in [0.25, 0.3) is 5.91 Å². The molecule has 2 aromatic carbocycles. The van der Waals surface area contributed by atoms with Crippen LogP contribution in [0.3, 0.4) is 0 Å². The van der Waals surface area contributed by atoms with Gasteiger partial charge in [0.1, 0.15) is 5.75 Å². The van der Waals surface area contributed by atoms with Crippen LogP contribution < -0.4 is 9.64 Å². The second-order valence-corrected chi connectivity index (χ2v) is 7.90. The Hall–Kier alpha value is -3.80. The summed E-state index contributed by atoms with van der Waals surface area (Å²) in [6.45, 7) is 6.54. The number of Topliss-reactive ketones (excluding diaryl/α,β-unsaturated/α-hetero) is 1. The van der Waals surface area contributed by atoms with Crippen LogP contribution in [0.5, 0.6) is 5.75 Å². The summed E-state index contributed by atoms with van der Waals surface area (Å²) in [4.78, 5) is 27.9. The number of anilines is 1. The number of benzene rings is 2.